The minimum absolute atomic E-state index is 0.198. The third-order valence-corrected chi connectivity index (χ3v) is 2.47. The van der Waals surface area contributed by atoms with Gasteiger partial charge in [0.25, 0.3) is 0 Å². The lowest BCUT2D eigenvalue weighted by molar-refractivity contribution is 0.417. The molecule has 6 heteroatoms. The predicted molar refractivity (Wildman–Crippen MR) is 64.6 cm³/mol. The van der Waals surface area contributed by atoms with Gasteiger partial charge in [-0.3, -0.25) is 0 Å². The van der Waals surface area contributed by atoms with Crippen molar-refractivity contribution >= 4 is 5.69 Å². The summed E-state index contributed by atoms with van der Waals surface area (Å²) in [5.74, 6) is 1.35. The van der Waals surface area contributed by atoms with E-state index in [-0.39, 0.29) is 6.04 Å². The number of methoxy groups -OCH3 is 1. The van der Waals surface area contributed by atoms with Gasteiger partial charge < -0.3 is 10.5 Å². The number of hydrogen-bond donors (Lipinski definition) is 1. The van der Waals surface area contributed by atoms with Gasteiger partial charge in [-0.25, -0.2) is 4.68 Å². The zero-order chi connectivity index (χ0) is 12.4. The molecule has 0 fully saturated rings. The smallest absolute Gasteiger partial charge is 0.182 e. The second-order valence-corrected chi connectivity index (χ2v) is 4.00. The van der Waals surface area contributed by atoms with E-state index in [9.17, 15) is 0 Å². The molecule has 6 nitrogen and oxygen atoms in total. The second kappa shape index (κ2) is 4.40. The van der Waals surface area contributed by atoms with Crippen LogP contribution in [0.3, 0.4) is 0 Å². The summed E-state index contributed by atoms with van der Waals surface area (Å²) in [6.07, 6.45) is 0. The van der Waals surface area contributed by atoms with Gasteiger partial charge in [-0.15, -0.1) is 5.10 Å². The Morgan fingerprint density at radius 1 is 1.35 bits per heavy atom. The molecule has 0 bridgehead atoms. The average Bonchev–Trinajstić information content (AvgIpc) is 2.77. The Balaban J connectivity index is 2.46. The molecular weight excluding hydrogens is 218 g/mol. The van der Waals surface area contributed by atoms with Crippen molar-refractivity contribution in [1.82, 2.24) is 20.2 Å². The third kappa shape index (κ3) is 2.06. The Bertz CT molecular complexity index is 520. The number of nitrogens with zero attached hydrogens (tertiary/aromatic N) is 4. The summed E-state index contributed by atoms with van der Waals surface area (Å²) >= 11 is 0. The van der Waals surface area contributed by atoms with E-state index in [1.54, 1.807) is 11.8 Å². The van der Waals surface area contributed by atoms with Crippen molar-refractivity contribution in [3.8, 4) is 17.1 Å². The van der Waals surface area contributed by atoms with Crippen molar-refractivity contribution in [1.29, 1.82) is 0 Å². The SMILES string of the molecule is COc1ccc(-c2nnnn2C(C)C)cc1N. The van der Waals surface area contributed by atoms with Crippen LogP contribution in [0, 0.1) is 0 Å². The molecule has 0 saturated carbocycles. The molecule has 0 spiro atoms. The molecule has 0 unspecified atom stereocenters. The van der Waals surface area contributed by atoms with E-state index in [1.807, 2.05) is 32.0 Å². The summed E-state index contributed by atoms with van der Waals surface area (Å²) in [6, 6.07) is 5.70. The number of hydrogen-bond acceptors (Lipinski definition) is 5. The molecule has 0 radical (unpaired) electrons. The molecule has 0 atom stereocenters. The first kappa shape index (κ1) is 11.4. The van der Waals surface area contributed by atoms with Crippen LogP contribution in [-0.2, 0) is 0 Å². The fourth-order valence-corrected chi connectivity index (χ4v) is 1.60. The van der Waals surface area contributed by atoms with Crippen molar-refractivity contribution in [2.24, 2.45) is 0 Å². The lowest BCUT2D eigenvalue weighted by atomic mass is 10.1. The molecule has 0 aliphatic rings. The van der Waals surface area contributed by atoms with Gasteiger partial charge in [0.2, 0.25) is 0 Å². The van der Waals surface area contributed by atoms with Crippen LogP contribution >= 0.6 is 0 Å². The number of aromatic nitrogens is 4. The highest BCUT2D eigenvalue weighted by atomic mass is 16.5. The Kier molecular flexibility index (Phi) is 2.95. The summed E-state index contributed by atoms with van der Waals surface area (Å²) in [5, 5.41) is 11.6. The lowest BCUT2D eigenvalue weighted by Crippen LogP contribution is -2.05. The molecule has 2 N–H and O–H groups in total. The highest BCUT2D eigenvalue weighted by Gasteiger charge is 2.12. The van der Waals surface area contributed by atoms with Crippen LogP contribution in [-0.4, -0.2) is 27.3 Å². The first-order valence-electron chi connectivity index (χ1n) is 5.35. The van der Waals surface area contributed by atoms with E-state index < -0.39 is 0 Å². The third-order valence-electron chi connectivity index (χ3n) is 2.47. The van der Waals surface area contributed by atoms with Gasteiger partial charge in [0, 0.05) is 5.56 Å². The van der Waals surface area contributed by atoms with E-state index in [0.717, 1.165) is 5.56 Å². The summed E-state index contributed by atoms with van der Waals surface area (Å²) in [6.45, 7) is 4.04. The molecule has 0 saturated heterocycles. The van der Waals surface area contributed by atoms with Gasteiger partial charge in [0.1, 0.15) is 5.75 Å². The first-order chi connectivity index (χ1) is 8.13. The monoisotopic (exact) mass is 233 g/mol. The maximum atomic E-state index is 5.86. The number of nitrogens with two attached hydrogens (primary N) is 1. The molecule has 0 aliphatic carbocycles. The van der Waals surface area contributed by atoms with Crippen LogP contribution in [0.25, 0.3) is 11.4 Å². The zero-order valence-corrected chi connectivity index (χ0v) is 10.1. The van der Waals surface area contributed by atoms with Gasteiger partial charge in [-0.1, -0.05) is 0 Å². The van der Waals surface area contributed by atoms with Crippen LogP contribution in [0.5, 0.6) is 5.75 Å². The number of benzene rings is 1. The molecule has 17 heavy (non-hydrogen) atoms. The number of ether oxygens (including phenoxy) is 1. The lowest BCUT2D eigenvalue weighted by Gasteiger charge is -2.09. The van der Waals surface area contributed by atoms with Crippen molar-refractivity contribution in [2.75, 3.05) is 12.8 Å². The minimum atomic E-state index is 0.198. The normalized spacial score (nSPS) is 10.8. The molecule has 90 valence electrons. The second-order valence-electron chi connectivity index (χ2n) is 4.00. The Morgan fingerprint density at radius 3 is 2.71 bits per heavy atom. The summed E-state index contributed by atoms with van der Waals surface area (Å²) < 4.78 is 6.86. The minimum Gasteiger partial charge on any atom is -0.495 e. The van der Waals surface area contributed by atoms with Crippen LogP contribution < -0.4 is 10.5 Å². The molecule has 0 aliphatic heterocycles. The van der Waals surface area contributed by atoms with E-state index in [4.69, 9.17) is 10.5 Å². The van der Waals surface area contributed by atoms with Gasteiger partial charge in [0.05, 0.1) is 18.8 Å². The van der Waals surface area contributed by atoms with Crippen molar-refractivity contribution in [2.45, 2.75) is 19.9 Å². The van der Waals surface area contributed by atoms with Crippen molar-refractivity contribution in [3.63, 3.8) is 0 Å². The van der Waals surface area contributed by atoms with Gasteiger partial charge in [-0.05, 0) is 42.5 Å². The molecule has 2 aromatic rings. The standard InChI is InChI=1S/C11H15N5O/c1-7(2)16-11(13-14-15-16)8-4-5-10(17-3)9(12)6-8/h4-7H,12H2,1-3H3. The van der Waals surface area contributed by atoms with Gasteiger partial charge >= 0.3 is 0 Å². The van der Waals surface area contributed by atoms with E-state index >= 15 is 0 Å². The fourth-order valence-electron chi connectivity index (χ4n) is 1.60. The average molecular weight is 233 g/mol. The highest BCUT2D eigenvalue weighted by molar-refractivity contribution is 5.66. The van der Waals surface area contributed by atoms with Gasteiger partial charge in [0.15, 0.2) is 5.82 Å². The number of nitrogen functional groups attached to an aromatic ring is 1. The molecule has 1 aromatic carbocycles. The Morgan fingerprint density at radius 2 is 2.12 bits per heavy atom. The molecule has 2 rings (SSSR count). The topological polar surface area (TPSA) is 78.9 Å². The largest absolute Gasteiger partial charge is 0.495 e. The zero-order valence-electron chi connectivity index (χ0n) is 10.1. The molecule has 1 heterocycles. The number of rotatable bonds is 3. The van der Waals surface area contributed by atoms with E-state index in [2.05, 4.69) is 15.5 Å². The maximum absolute atomic E-state index is 5.86. The molecular formula is C11H15N5O. The fraction of sp³-hybridized carbons (Fsp3) is 0.364. The Labute approximate surface area is 99.4 Å². The quantitative estimate of drug-likeness (QED) is 0.813. The van der Waals surface area contributed by atoms with Crippen LogP contribution in [0.15, 0.2) is 18.2 Å². The van der Waals surface area contributed by atoms with E-state index in [0.29, 0.717) is 17.3 Å². The molecule has 1 aromatic heterocycles. The van der Waals surface area contributed by atoms with Crippen LogP contribution in [0.4, 0.5) is 5.69 Å². The highest BCUT2D eigenvalue weighted by Crippen LogP contribution is 2.27. The van der Waals surface area contributed by atoms with E-state index in [1.165, 1.54) is 0 Å². The molecule has 0 amide bonds. The first-order valence-corrected chi connectivity index (χ1v) is 5.35. The summed E-state index contributed by atoms with van der Waals surface area (Å²) in [7, 11) is 1.59. The Hall–Kier alpha value is -2.11. The van der Waals surface area contributed by atoms with Gasteiger partial charge in [-0.2, -0.15) is 0 Å². The van der Waals surface area contributed by atoms with Crippen molar-refractivity contribution in [3.05, 3.63) is 18.2 Å². The van der Waals surface area contributed by atoms with Crippen LogP contribution in [0.1, 0.15) is 19.9 Å². The summed E-state index contributed by atoms with van der Waals surface area (Å²) in [4.78, 5) is 0. The number of anilines is 1. The van der Waals surface area contributed by atoms with Crippen molar-refractivity contribution < 1.29 is 4.74 Å². The number of tetrazole rings is 1. The maximum Gasteiger partial charge on any atom is 0.182 e. The van der Waals surface area contributed by atoms with Crippen LogP contribution in [0.2, 0.25) is 0 Å². The summed E-state index contributed by atoms with van der Waals surface area (Å²) in [5.41, 5.74) is 7.31. The predicted octanol–water partition coefficient (Wildman–Crippen LogP) is 1.51.